The van der Waals surface area contributed by atoms with E-state index < -0.39 is 5.54 Å². The van der Waals surface area contributed by atoms with Gasteiger partial charge in [0.1, 0.15) is 22.7 Å². The maximum absolute atomic E-state index is 13.8. The van der Waals surface area contributed by atoms with Gasteiger partial charge in [-0.15, -0.1) is 11.3 Å². The first-order chi connectivity index (χ1) is 15.4. The average Bonchev–Trinajstić information content (AvgIpc) is 3.52. The molecule has 1 saturated carbocycles. The Morgan fingerprint density at radius 2 is 2.06 bits per heavy atom. The molecule has 0 radical (unpaired) electrons. The summed E-state index contributed by atoms with van der Waals surface area (Å²) in [5.41, 5.74) is 0.660. The number of rotatable bonds is 5. The van der Waals surface area contributed by atoms with Crippen LogP contribution in [-0.2, 0) is 17.9 Å². The topological polar surface area (TPSA) is 67.2 Å². The van der Waals surface area contributed by atoms with Crippen LogP contribution in [0.2, 0.25) is 0 Å². The summed E-state index contributed by atoms with van der Waals surface area (Å²) in [7, 11) is 0. The van der Waals surface area contributed by atoms with E-state index in [4.69, 9.17) is 0 Å². The lowest BCUT2D eigenvalue weighted by molar-refractivity contribution is -0.134. The van der Waals surface area contributed by atoms with Crippen molar-refractivity contribution in [2.75, 3.05) is 0 Å². The van der Waals surface area contributed by atoms with Crippen molar-refractivity contribution in [3.63, 3.8) is 0 Å². The molecule has 32 heavy (non-hydrogen) atoms. The van der Waals surface area contributed by atoms with Crippen molar-refractivity contribution in [1.29, 1.82) is 0 Å². The summed E-state index contributed by atoms with van der Waals surface area (Å²) in [5, 5.41) is 9.77. The van der Waals surface area contributed by atoms with E-state index in [2.05, 4.69) is 10.4 Å². The number of nitrogens with zero attached hydrogens (tertiary/aromatic N) is 3. The second-order valence-corrected chi connectivity index (χ2v) is 9.75. The number of nitrogens with one attached hydrogen (secondary N) is 1. The highest BCUT2D eigenvalue weighted by Crippen LogP contribution is 2.33. The predicted molar refractivity (Wildman–Crippen MR) is 121 cm³/mol. The second-order valence-electron chi connectivity index (χ2n) is 8.80. The molecular weight excluding hydrogens is 427 g/mol. The highest BCUT2D eigenvalue weighted by Gasteiger charge is 2.48. The minimum atomic E-state index is -1.14. The molecule has 0 saturated heterocycles. The number of thiophene rings is 1. The largest absolute Gasteiger partial charge is 0.351 e. The molecule has 1 unspecified atom stereocenters. The third kappa shape index (κ3) is 3.72. The maximum Gasteiger partial charge on any atom is 0.273 e. The molecule has 1 N–H and O–H groups in total. The van der Waals surface area contributed by atoms with Crippen LogP contribution in [0.3, 0.4) is 0 Å². The van der Waals surface area contributed by atoms with Gasteiger partial charge in [0.05, 0.1) is 11.4 Å². The van der Waals surface area contributed by atoms with Gasteiger partial charge in [-0.3, -0.25) is 14.3 Å². The van der Waals surface area contributed by atoms with Crippen LogP contribution in [0.15, 0.2) is 47.8 Å². The minimum absolute atomic E-state index is 0.131. The summed E-state index contributed by atoms with van der Waals surface area (Å²) in [6.45, 7) is 2.17. The molecule has 1 atom stereocenters. The highest BCUT2D eigenvalue weighted by molar-refractivity contribution is 7.13. The maximum atomic E-state index is 13.8. The summed E-state index contributed by atoms with van der Waals surface area (Å²) in [4.78, 5) is 29.7. The molecule has 3 heterocycles. The van der Waals surface area contributed by atoms with Gasteiger partial charge in [0.15, 0.2) is 0 Å². The average molecular weight is 453 g/mol. The molecule has 0 spiro atoms. The molecule has 1 aliphatic heterocycles. The van der Waals surface area contributed by atoms with Gasteiger partial charge in [0, 0.05) is 12.6 Å². The predicted octanol–water partition coefficient (Wildman–Crippen LogP) is 4.22. The van der Waals surface area contributed by atoms with Crippen LogP contribution in [0.5, 0.6) is 0 Å². The van der Waals surface area contributed by atoms with Crippen molar-refractivity contribution < 1.29 is 14.0 Å². The molecule has 1 aliphatic carbocycles. The Labute approximate surface area is 190 Å². The van der Waals surface area contributed by atoms with Gasteiger partial charge < -0.3 is 10.2 Å². The standard InChI is InChI=1S/C24H25FN4O2S/c1-24(23(31)26-18-8-2-3-9-18)15-29-20(13-19(27-29)21-10-5-11-32-21)22(30)28(24)14-16-6-4-7-17(25)12-16/h4-7,10-13,18H,2-3,8-9,14-15H2,1H3,(H,26,31). The third-order valence-electron chi connectivity index (χ3n) is 6.48. The lowest BCUT2D eigenvalue weighted by Crippen LogP contribution is -2.64. The number of fused-ring (bicyclic) bond motifs is 1. The molecule has 0 bridgehead atoms. The molecule has 8 heteroatoms. The summed E-state index contributed by atoms with van der Waals surface area (Å²) in [6, 6.07) is 12.0. The number of carbonyl (C=O) groups excluding carboxylic acids is 2. The van der Waals surface area contributed by atoms with E-state index >= 15 is 0 Å². The second kappa shape index (κ2) is 8.16. The van der Waals surface area contributed by atoms with Gasteiger partial charge in [-0.25, -0.2) is 4.39 Å². The molecule has 1 fully saturated rings. The number of amides is 2. The fraction of sp³-hybridized carbons (Fsp3) is 0.375. The van der Waals surface area contributed by atoms with E-state index in [-0.39, 0.29) is 36.8 Å². The smallest absolute Gasteiger partial charge is 0.273 e. The van der Waals surface area contributed by atoms with Crippen molar-refractivity contribution in [3.8, 4) is 10.6 Å². The lowest BCUT2D eigenvalue weighted by Gasteiger charge is -2.43. The zero-order chi connectivity index (χ0) is 22.3. The fourth-order valence-corrected chi connectivity index (χ4v) is 5.34. The first-order valence-corrected chi connectivity index (χ1v) is 11.8. The van der Waals surface area contributed by atoms with Crippen LogP contribution in [0.4, 0.5) is 4.39 Å². The molecule has 5 rings (SSSR count). The number of halogens is 1. The summed E-state index contributed by atoms with van der Waals surface area (Å²) < 4.78 is 15.5. The molecule has 2 aromatic heterocycles. The van der Waals surface area contributed by atoms with Crippen LogP contribution >= 0.6 is 11.3 Å². The van der Waals surface area contributed by atoms with Gasteiger partial charge in [-0.2, -0.15) is 5.10 Å². The first kappa shape index (κ1) is 20.9. The SMILES string of the molecule is CC1(C(=O)NC2CCCC2)Cn2nc(-c3cccs3)cc2C(=O)N1Cc1cccc(F)c1. The molecule has 166 valence electrons. The summed E-state index contributed by atoms with van der Waals surface area (Å²) in [6.07, 6.45) is 4.10. The Hall–Kier alpha value is -3.00. The van der Waals surface area contributed by atoms with Crippen molar-refractivity contribution in [1.82, 2.24) is 20.0 Å². The zero-order valence-corrected chi connectivity index (χ0v) is 18.7. The highest BCUT2D eigenvalue weighted by atomic mass is 32.1. The monoisotopic (exact) mass is 452 g/mol. The Balaban J connectivity index is 1.52. The van der Waals surface area contributed by atoms with E-state index in [1.54, 1.807) is 46.0 Å². The van der Waals surface area contributed by atoms with E-state index in [0.29, 0.717) is 11.3 Å². The van der Waals surface area contributed by atoms with Crippen LogP contribution in [0.1, 0.15) is 48.7 Å². The molecule has 2 aliphatic rings. The van der Waals surface area contributed by atoms with Crippen molar-refractivity contribution in [3.05, 3.63) is 64.9 Å². The van der Waals surface area contributed by atoms with Gasteiger partial charge in [0.25, 0.3) is 5.91 Å². The lowest BCUT2D eigenvalue weighted by atomic mass is 9.93. The van der Waals surface area contributed by atoms with Crippen molar-refractivity contribution in [2.45, 2.75) is 57.3 Å². The third-order valence-corrected chi connectivity index (χ3v) is 7.37. The number of hydrogen-bond acceptors (Lipinski definition) is 4. The molecule has 2 amide bonds. The van der Waals surface area contributed by atoms with E-state index in [1.807, 2.05) is 17.5 Å². The number of benzene rings is 1. The summed E-state index contributed by atoms with van der Waals surface area (Å²) >= 11 is 1.55. The van der Waals surface area contributed by atoms with Crippen LogP contribution in [-0.4, -0.2) is 38.1 Å². The Kier molecular flexibility index (Phi) is 5.33. The number of hydrogen-bond donors (Lipinski definition) is 1. The Morgan fingerprint density at radius 1 is 1.25 bits per heavy atom. The normalized spacial score (nSPS) is 21.1. The molecule has 6 nitrogen and oxygen atoms in total. The van der Waals surface area contributed by atoms with Gasteiger partial charge in [-0.05, 0) is 55.0 Å². The zero-order valence-electron chi connectivity index (χ0n) is 17.9. The van der Waals surface area contributed by atoms with E-state index in [1.165, 1.54) is 12.1 Å². The summed E-state index contributed by atoms with van der Waals surface area (Å²) in [5.74, 6) is -0.832. The Morgan fingerprint density at radius 3 is 2.78 bits per heavy atom. The van der Waals surface area contributed by atoms with Crippen LogP contribution in [0, 0.1) is 5.82 Å². The van der Waals surface area contributed by atoms with Gasteiger partial charge >= 0.3 is 0 Å². The van der Waals surface area contributed by atoms with Crippen molar-refractivity contribution in [2.24, 2.45) is 0 Å². The van der Waals surface area contributed by atoms with E-state index in [0.717, 1.165) is 36.3 Å². The first-order valence-electron chi connectivity index (χ1n) is 10.9. The molecule has 1 aromatic carbocycles. The van der Waals surface area contributed by atoms with Crippen molar-refractivity contribution >= 4 is 23.2 Å². The number of carbonyl (C=O) groups is 2. The van der Waals surface area contributed by atoms with Gasteiger partial charge in [0.2, 0.25) is 5.91 Å². The number of aromatic nitrogens is 2. The minimum Gasteiger partial charge on any atom is -0.351 e. The Bertz CT molecular complexity index is 1150. The fourth-order valence-electron chi connectivity index (χ4n) is 4.66. The molecular formula is C24H25FN4O2S. The van der Waals surface area contributed by atoms with E-state index in [9.17, 15) is 14.0 Å². The van der Waals surface area contributed by atoms with Gasteiger partial charge in [-0.1, -0.05) is 31.0 Å². The molecule has 3 aromatic rings. The van der Waals surface area contributed by atoms with Crippen LogP contribution < -0.4 is 5.32 Å². The quantitative estimate of drug-likeness (QED) is 0.630. The van der Waals surface area contributed by atoms with Crippen LogP contribution in [0.25, 0.3) is 10.6 Å².